The normalized spacial score (nSPS) is 17.4. The van der Waals surface area contributed by atoms with Crippen molar-refractivity contribution in [3.05, 3.63) is 47.8 Å². The van der Waals surface area contributed by atoms with E-state index in [0.717, 1.165) is 24.8 Å². The Kier molecular flexibility index (Phi) is 5.42. The highest BCUT2D eigenvalue weighted by molar-refractivity contribution is 5.92. The van der Waals surface area contributed by atoms with E-state index in [1.54, 1.807) is 15.8 Å². The molecule has 0 saturated carbocycles. The first-order chi connectivity index (χ1) is 12.1. The number of hydrogen-bond acceptors (Lipinski definition) is 4. The average Bonchev–Trinajstić information content (AvgIpc) is 3.09. The van der Waals surface area contributed by atoms with Crippen LogP contribution in [-0.4, -0.2) is 49.5 Å². The standard InChI is InChI=1S/C18H22N4O3/c23-17(24)10-9-15-8-4-5-11-22(15)18(25)16-13-21(20-19-16)12-14-6-2-1-3-7-14/h1-3,6-7,13,15H,4-5,8-12H2,(H,23,24). The number of hydrogen-bond donors (Lipinski definition) is 1. The van der Waals surface area contributed by atoms with Crippen LogP contribution in [0.3, 0.4) is 0 Å². The average molecular weight is 342 g/mol. The summed E-state index contributed by atoms with van der Waals surface area (Å²) in [5, 5.41) is 17.0. The molecule has 1 unspecified atom stereocenters. The van der Waals surface area contributed by atoms with E-state index in [0.29, 0.717) is 25.2 Å². The molecule has 2 aromatic rings. The molecule has 132 valence electrons. The fourth-order valence-corrected chi connectivity index (χ4v) is 3.25. The molecule has 0 bridgehead atoms. The van der Waals surface area contributed by atoms with Gasteiger partial charge in [0.1, 0.15) is 0 Å². The summed E-state index contributed by atoms with van der Waals surface area (Å²) in [5.74, 6) is -0.985. The summed E-state index contributed by atoms with van der Waals surface area (Å²) in [7, 11) is 0. The van der Waals surface area contributed by atoms with Crippen LogP contribution >= 0.6 is 0 Å². The smallest absolute Gasteiger partial charge is 0.303 e. The van der Waals surface area contributed by atoms with Crippen LogP contribution in [0.15, 0.2) is 36.5 Å². The Labute approximate surface area is 146 Å². The number of rotatable bonds is 6. The molecule has 7 nitrogen and oxygen atoms in total. The third-order valence-electron chi connectivity index (χ3n) is 4.52. The van der Waals surface area contributed by atoms with E-state index in [2.05, 4.69) is 10.3 Å². The molecule has 1 saturated heterocycles. The molecule has 0 radical (unpaired) electrons. The van der Waals surface area contributed by atoms with Gasteiger partial charge in [0.2, 0.25) is 0 Å². The Morgan fingerprint density at radius 2 is 2.00 bits per heavy atom. The number of carbonyl (C=O) groups excluding carboxylic acids is 1. The molecule has 1 atom stereocenters. The van der Waals surface area contributed by atoms with Gasteiger partial charge in [-0.25, -0.2) is 4.68 Å². The molecule has 1 aliphatic heterocycles. The molecular formula is C18H22N4O3. The van der Waals surface area contributed by atoms with Gasteiger partial charge in [-0.3, -0.25) is 9.59 Å². The van der Waals surface area contributed by atoms with Crippen molar-refractivity contribution >= 4 is 11.9 Å². The third-order valence-corrected chi connectivity index (χ3v) is 4.52. The maximum atomic E-state index is 12.8. The van der Waals surface area contributed by atoms with Crippen LogP contribution in [0.4, 0.5) is 0 Å². The molecule has 1 aliphatic rings. The summed E-state index contributed by atoms with van der Waals surface area (Å²) >= 11 is 0. The van der Waals surface area contributed by atoms with Crippen molar-refractivity contribution in [3.8, 4) is 0 Å². The Balaban J connectivity index is 1.68. The molecule has 0 spiro atoms. The summed E-state index contributed by atoms with van der Waals surface area (Å²) in [5.41, 5.74) is 1.40. The predicted octanol–water partition coefficient (Wildman–Crippen LogP) is 2.19. The molecule has 1 aromatic heterocycles. The number of nitrogens with zero attached hydrogens (tertiary/aromatic N) is 4. The van der Waals surface area contributed by atoms with Crippen molar-refractivity contribution in [1.29, 1.82) is 0 Å². The van der Waals surface area contributed by atoms with E-state index < -0.39 is 5.97 Å². The van der Waals surface area contributed by atoms with Crippen LogP contribution in [0.5, 0.6) is 0 Å². The first-order valence-corrected chi connectivity index (χ1v) is 8.60. The van der Waals surface area contributed by atoms with E-state index in [1.807, 2.05) is 30.3 Å². The summed E-state index contributed by atoms with van der Waals surface area (Å²) < 4.78 is 1.65. The van der Waals surface area contributed by atoms with Crippen LogP contribution in [0, 0.1) is 0 Å². The fraction of sp³-hybridized carbons (Fsp3) is 0.444. The molecule has 2 heterocycles. The Hall–Kier alpha value is -2.70. The molecule has 25 heavy (non-hydrogen) atoms. The maximum Gasteiger partial charge on any atom is 0.303 e. The zero-order valence-corrected chi connectivity index (χ0v) is 14.0. The molecule has 1 fully saturated rings. The van der Waals surface area contributed by atoms with E-state index >= 15 is 0 Å². The molecule has 1 aromatic carbocycles. The van der Waals surface area contributed by atoms with E-state index in [1.165, 1.54) is 0 Å². The van der Waals surface area contributed by atoms with Crippen LogP contribution in [0.2, 0.25) is 0 Å². The van der Waals surface area contributed by atoms with Gasteiger partial charge in [0.15, 0.2) is 5.69 Å². The summed E-state index contributed by atoms with van der Waals surface area (Å²) in [6.07, 6.45) is 5.03. The van der Waals surface area contributed by atoms with Gasteiger partial charge in [-0.05, 0) is 31.2 Å². The summed E-state index contributed by atoms with van der Waals surface area (Å²) in [4.78, 5) is 25.4. The largest absolute Gasteiger partial charge is 0.481 e. The van der Waals surface area contributed by atoms with Gasteiger partial charge < -0.3 is 10.0 Å². The molecule has 1 N–H and O–H groups in total. The number of carbonyl (C=O) groups is 2. The molecule has 7 heteroatoms. The highest BCUT2D eigenvalue weighted by Gasteiger charge is 2.29. The number of aliphatic carboxylic acids is 1. The molecule has 3 rings (SSSR count). The van der Waals surface area contributed by atoms with Gasteiger partial charge in [0, 0.05) is 19.0 Å². The van der Waals surface area contributed by atoms with Crippen molar-refractivity contribution in [2.24, 2.45) is 0 Å². The quantitative estimate of drug-likeness (QED) is 0.869. The minimum Gasteiger partial charge on any atom is -0.481 e. The van der Waals surface area contributed by atoms with Gasteiger partial charge in [-0.15, -0.1) is 5.10 Å². The number of aromatic nitrogens is 3. The first-order valence-electron chi connectivity index (χ1n) is 8.60. The monoisotopic (exact) mass is 342 g/mol. The van der Waals surface area contributed by atoms with E-state index in [9.17, 15) is 9.59 Å². The second-order valence-corrected chi connectivity index (χ2v) is 6.37. The maximum absolute atomic E-state index is 12.8. The van der Waals surface area contributed by atoms with E-state index in [4.69, 9.17) is 5.11 Å². The number of likely N-dealkylation sites (tertiary alicyclic amines) is 1. The highest BCUT2D eigenvalue weighted by Crippen LogP contribution is 2.22. The lowest BCUT2D eigenvalue weighted by Gasteiger charge is -2.35. The second-order valence-electron chi connectivity index (χ2n) is 6.37. The molecule has 1 amide bonds. The third kappa shape index (κ3) is 4.43. The second kappa shape index (κ2) is 7.92. The summed E-state index contributed by atoms with van der Waals surface area (Å²) in [6, 6.07) is 9.83. The van der Waals surface area contributed by atoms with Crippen molar-refractivity contribution < 1.29 is 14.7 Å². The van der Waals surface area contributed by atoms with Gasteiger partial charge in [0.25, 0.3) is 5.91 Å². The Morgan fingerprint density at radius 1 is 1.20 bits per heavy atom. The van der Waals surface area contributed by atoms with Crippen molar-refractivity contribution in [3.63, 3.8) is 0 Å². The van der Waals surface area contributed by atoms with Crippen molar-refractivity contribution in [2.45, 2.75) is 44.7 Å². The van der Waals surface area contributed by atoms with Crippen LogP contribution < -0.4 is 0 Å². The molecule has 0 aliphatic carbocycles. The van der Waals surface area contributed by atoms with Crippen molar-refractivity contribution in [1.82, 2.24) is 19.9 Å². The Morgan fingerprint density at radius 3 is 2.76 bits per heavy atom. The van der Waals surface area contributed by atoms with Gasteiger partial charge in [-0.2, -0.15) is 0 Å². The van der Waals surface area contributed by atoms with Gasteiger partial charge in [0.05, 0.1) is 12.7 Å². The number of amides is 1. The van der Waals surface area contributed by atoms with Crippen LogP contribution in [0.25, 0.3) is 0 Å². The number of carboxylic acids is 1. The first kappa shape index (κ1) is 17.1. The van der Waals surface area contributed by atoms with Gasteiger partial charge in [-0.1, -0.05) is 35.5 Å². The lowest BCUT2D eigenvalue weighted by Crippen LogP contribution is -2.44. The van der Waals surface area contributed by atoms with Crippen molar-refractivity contribution in [2.75, 3.05) is 6.54 Å². The lowest BCUT2D eigenvalue weighted by molar-refractivity contribution is -0.137. The Bertz CT molecular complexity index is 729. The highest BCUT2D eigenvalue weighted by atomic mass is 16.4. The fourth-order valence-electron chi connectivity index (χ4n) is 3.25. The predicted molar refractivity (Wildman–Crippen MR) is 91.1 cm³/mol. The minimum atomic E-state index is -0.827. The number of benzene rings is 1. The number of piperidine rings is 1. The zero-order chi connectivity index (χ0) is 17.6. The van der Waals surface area contributed by atoms with E-state index in [-0.39, 0.29) is 18.4 Å². The SMILES string of the molecule is O=C(O)CCC1CCCCN1C(=O)c1cn(Cc2ccccc2)nn1. The molecular weight excluding hydrogens is 320 g/mol. The van der Waals surface area contributed by atoms with Crippen LogP contribution in [-0.2, 0) is 11.3 Å². The minimum absolute atomic E-state index is 0.0309. The van der Waals surface area contributed by atoms with Crippen LogP contribution in [0.1, 0.15) is 48.2 Å². The van der Waals surface area contributed by atoms with Gasteiger partial charge >= 0.3 is 5.97 Å². The number of carboxylic acid groups (broad SMARTS) is 1. The lowest BCUT2D eigenvalue weighted by atomic mass is 9.97. The topological polar surface area (TPSA) is 88.3 Å². The summed E-state index contributed by atoms with van der Waals surface area (Å²) in [6.45, 7) is 1.21. The zero-order valence-electron chi connectivity index (χ0n) is 14.0.